The number of hydrogen-bond acceptors (Lipinski definition) is 3. The Labute approximate surface area is 108 Å². The van der Waals surface area contributed by atoms with Gasteiger partial charge in [0.25, 0.3) is 0 Å². The van der Waals surface area contributed by atoms with Crippen LogP contribution in [0.25, 0.3) is 10.2 Å². The molecule has 1 aliphatic heterocycles. The highest BCUT2D eigenvalue weighted by Gasteiger charge is 2.21. The fourth-order valence-electron chi connectivity index (χ4n) is 2.09. The third-order valence-electron chi connectivity index (χ3n) is 2.93. The van der Waals surface area contributed by atoms with E-state index in [4.69, 9.17) is 11.6 Å². The molecule has 0 radical (unpaired) electrons. The topological polar surface area (TPSA) is 33.2 Å². The molecule has 88 valence electrons. The summed E-state index contributed by atoms with van der Waals surface area (Å²) >= 11 is 7.73. The molecule has 2 aromatic heterocycles. The van der Waals surface area contributed by atoms with E-state index < -0.39 is 0 Å². The summed E-state index contributed by atoms with van der Waals surface area (Å²) in [6.45, 7) is 1.56. The van der Waals surface area contributed by atoms with Crippen molar-refractivity contribution in [2.45, 2.75) is 19.4 Å². The van der Waals surface area contributed by atoms with E-state index in [2.05, 4.69) is 4.98 Å². The van der Waals surface area contributed by atoms with Gasteiger partial charge in [-0.3, -0.25) is 9.78 Å². The fourth-order valence-corrected chi connectivity index (χ4v) is 3.40. The molecule has 17 heavy (non-hydrogen) atoms. The maximum absolute atomic E-state index is 11.5. The minimum Gasteiger partial charge on any atom is -0.338 e. The van der Waals surface area contributed by atoms with Crippen LogP contribution < -0.4 is 0 Å². The quantitative estimate of drug-likeness (QED) is 0.837. The Morgan fingerprint density at radius 2 is 2.41 bits per heavy atom. The van der Waals surface area contributed by atoms with Crippen LogP contribution in [0.4, 0.5) is 0 Å². The Hall–Kier alpha value is -1.13. The molecule has 3 nitrogen and oxygen atoms in total. The molecular weight excluding hydrogens is 256 g/mol. The predicted molar refractivity (Wildman–Crippen MR) is 69.3 cm³/mol. The van der Waals surface area contributed by atoms with E-state index >= 15 is 0 Å². The SMILES string of the molecule is O=C1CCCN1Cc1cc2nccc(Cl)c2s1. The molecule has 1 aliphatic rings. The van der Waals surface area contributed by atoms with Crippen molar-refractivity contribution >= 4 is 39.1 Å². The van der Waals surface area contributed by atoms with Crippen molar-refractivity contribution in [1.82, 2.24) is 9.88 Å². The Kier molecular flexibility index (Phi) is 2.76. The summed E-state index contributed by atoms with van der Waals surface area (Å²) < 4.78 is 1.01. The first-order chi connectivity index (χ1) is 8.24. The van der Waals surface area contributed by atoms with Crippen molar-refractivity contribution in [1.29, 1.82) is 0 Å². The molecule has 0 bridgehead atoms. The smallest absolute Gasteiger partial charge is 0.222 e. The van der Waals surface area contributed by atoms with E-state index in [9.17, 15) is 4.79 Å². The molecule has 0 aliphatic carbocycles. The standard InChI is InChI=1S/C12H11ClN2OS/c13-9-3-4-14-10-6-8(17-12(9)10)7-15-5-1-2-11(15)16/h3-4,6H,1-2,5,7H2. The Balaban J connectivity index is 1.91. The number of pyridine rings is 1. The number of nitrogens with zero attached hydrogens (tertiary/aromatic N) is 2. The van der Waals surface area contributed by atoms with Gasteiger partial charge in [-0.25, -0.2) is 0 Å². The predicted octanol–water partition coefficient (Wildman–Crippen LogP) is 3.07. The molecular formula is C12H11ClN2OS. The van der Waals surface area contributed by atoms with Crippen LogP contribution in [0.15, 0.2) is 18.3 Å². The van der Waals surface area contributed by atoms with E-state index in [0.29, 0.717) is 13.0 Å². The third-order valence-corrected chi connectivity index (χ3v) is 4.50. The van der Waals surface area contributed by atoms with Crippen molar-refractivity contribution in [2.75, 3.05) is 6.54 Å². The molecule has 3 rings (SSSR count). The summed E-state index contributed by atoms with van der Waals surface area (Å²) in [5, 5.41) is 0.735. The lowest BCUT2D eigenvalue weighted by Crippen LogP contribution is -2.23. The van der Waals surface area contributed by atoms with Gasteiger partial charge in [-0.15, -0.1) is 11.3 Å². The first-order valence-corrected chi connectivity index (χ1v) is 6.74. The van der Waals surface area contributed by atoms with Gasteiger partial charge in [-0.1, -0.05) is 11.6 Å². The van der Waals surface area contributed by atoms with Crippen LogP contribution in [0.1, 0.15) is 17.7 Å². The van der Waals surface area contributed by atoms with E-state index in [1.54, 1.807) is 23.6 Å². The second kappa shape index (κ2) is 4.27. The van der Waals surface area contributed by atoms with Gasteiger partial charge in [-0.2, -0.15) is 0 Å². The molecule has 2 aromatic rings. The Morgan fingerprint density at radius 1 is 1.53 bits per heavy atom. The van der Waals surface area contributed by atoms with Crippen LogP contribution in [0.5, 0.6) is 0 Å². The maximum Gasteiger partial charge on any atom is 0.222 e. The zero-order chi connectivity index (χ0) is 11.8. The van der Waals surface area contributed by atoms with Gasteiger partial charge in [0.1, 0.15) is 0 Å². The number of carbonyl (C=O) groups is 1. The van der Waals surface area contributed by atoms with Gasteiger partial charge in [0.2, 0.25) is 5.91 Å². The van der Waals surface area contributed by atoms with E-state index in [1.165, 1.54) is 0 Å². The number of thiophene rings is 1. The van der Waals surface area contributed by atoms with Crippen molar-refractivity contribution in [3.63, 3.8) is 0 Å². The number of halogens is 1. The molecule has 0 N–H and O–H groups in total. The molecule has 0 saturated carbocycles. The Morgan fingerprint density at radius 3 is 3.12 bits per heavy atom. The van der Waals surface area contributed by atoms with Gasteiger partial charge in [0.15, 0.2) is 0 Å². The van der Waals surface area contributed by atoms with Gasteiger partial charge >= 0.3 is 0 Å². The molecule has 0 atom stereocenters. The molecule has 5 heteroatoms. The lowest BCUT2D eigenvalue weighted by Gasteiger charge is -2.13. The molecule has 1 amide bonds. The molecule has 0 aromatic carbocycles. The summed E-state index contributed by atoms with van der Waals surface area (Å²) in [6.07, 6.45) is 3.37. The van der Waals surface area contributed by atoms with Crippen molar-refractivity contribution in [3.8, 4) is 0 Å². The van der Waals surface area contributed by atoms with Gasteiger partial charge < -0.3 is 4.90 Å². The van der Waals surface area contributed by atoms with Crippen molar-refractivity contribution in [3.05, 3.63) is 28.2 Å². The van der Waals surface area contributed by atoms with Gasteiger partial charge in [-0.05, 0) is 18.6 Å². The lowest BCUT2D eigenvalue weighted by atomic mass is 10.3. The summed E-state index contributed by atoms with van der Waals surface area (Å²) in [4.78, 5) is 18.9. The van der Waals surface area contributed by atoms with Crippen LogP contribution in [0.3, 0.4) is 0 Å². The largest absolute Gasteiger partial charge is 0.338 e. The highest BCUT2D eigenvalue weighted by atomic mass is 35.5. The summed E-state index contributed by atoms with van der Waals surface area (Å²) in [7, 11) is 0. The van der Waals surface area contributed by atoms with Crippen LogP contribution in [-0.4, -0.2) is 22.3 Å². The molecule has 0 spiro atoms. The molecule has 3 heterocycles. The van der Waals surface area contributed by atoms with E-state index in [0.717, 1.165) is 33.1 Å². The minimum atomic E-state index is 0.251. The first-order valence-electron chi connectivity index (χ1n) is 5.55. The average molecular weight is 267 g/mol. The van der Waals surface area contributed by atoms with Crippen molar-refractivity contribution in [2.24, 2.45) is 0 Å². The van der Waals surface area contributed by atoms with Gasteiger partial charge in [0.05, 0.1) is 21.8 Å². The second-order valence-corrected chi connectivity index (χ2v) is 5.68. The summed E-state index contributed by atoms with van der Waals surface area (Å²) in [5.41, 5.74) is 0.921. The molecule has 1 fully saturated rings. The van der Waals surface area contributed by atoms with E-state index in [-0.39, 0.29) is 5.91 Å². The number of amides is 1. The maximum atomic E-state index is 11.5. The Bertz CT molecular complexity index is 581. The van der Waals surface area contributed by atoms with Crippen LogP contribution >= 0.6 is 22.9 Å². The number of likely N-dealkylation sites (tertiary alicyclic amines) is 1. The zero-order valence-corrected chi connectivity index (χ0v) is 10.7. The van der Waals surface area contributed by atoms with Crippen LogP contribution in [0, 0.1) is 0 Å². The lowest BCUT2D eigenvalue weighted by molar-refractivity contribution is -0.128. The fraction of sp³-hybridized carbons (Fsp3) is 0.333. The normalized spacial score (nSPS) is 16.1. The second-order valence-electron chi connectivity index (χ2n) is 4.14. The first kappa shape index (κ1) is 11.0. The monoisotopic (exact) mass is 266 g/mol. The van der Waals surface area contributed by atoms with Crippen molar-refractivity contribution < 1.29 is 4.79 Å². The van der Waals surface area contributed by atoms with Gasteiger partial charge in [0, 0.05) is 24.0 Å². The number of rotatable bonds is 2. The highest BCUT2D eigenvalue weighted by molar-refractivity contribution is 7.19. The third kappa shape index (κ3) is 2.03. The zero-order valence-electron chi connectivity index (χ0n) is 9.15. The molecule has 1 saturated heterocycles. The number of fused-ring (bicyclic) bond motifs is 1. The number of carbonyl (C=O) groups excluding carboxylic acids is 1. The number of hydrogen-bond donors (Lipinski definition) is 0. The molecule has 0 unspecified atom stereocenters. The van der Waals surface area contributed by atoms with Crippen LogP contribution in [0.2, 0.25) is 5.02 Å². The van der Waals surface area contributed by atoms with E-state index in [1.807, 2.05) is 11.0 Å². The highest BCUT2D eigenvalue weighted by Crippen LogP contribution is 2.31. The summed E-state index contributed by atoms with van der Waals surface area (Å²) in [6, 6.07) is 3.82. The number of aromatic nitrogens is 1. The average Bonchev–Trinajstić information content (AvgIpc) is 2.87. The summed E-state index contributed by atoms with van der Waals surface area (Å²) in [5.74, 6) is 0.251. The van der Waals surface area contributed by atoms with Crippen LogP contribution in [-0.2, 0) is 11.3 Å². The minimum absolute atomic E-state index is 0.251.